The van der Waals surface area contributed by atoms with Crippen molar-refractivity contribution in [2.45, 2.75) is 137 Å². The van der Waals surface area contributed by atoms with Gasteiger partial charge in [0.1, 0.15) is 6.10 Å². The first-order valence-electron chi connectivity index (χ1n) is 16.9. The summed E-state index contributed by atoms with van der Waals surface area (Å²) in [5.74, 6) is 2.54. The summed E-state index contributed by atoms with van der Waals surface area (Å²) in [6, 6.07) is 0. The molecular weight excluding hydrogens is 530 g/mol. The van der Waals surface area contributed by atoms with Crippen molar-refractivity contribution in [3.63, 3.8) is 0 Å². The van der Waals surface area contributed by atoms with Crippen LogP contribution in [0.1, 0.15) is 131 Å². The first-order valence-corrected chi connectivity index (χ1v) is 16.9. The zero-order valence-corrected chi connectivity index (χ0v) is 26.6. The maximum Gasteiger partial charge on any atom is 0.333 e. The van der Waals surface area contributed by atoms with E-state index in [1.54, 1.807) is 0 Å². The third-order valence-corrected chi connectivity index (χ3v) is 12.3. The summed E-state index contributed by atoms with van der Waals surface area (Å²) in [6.07, 6.45) is 15.5. The van der Waals surface area contributed by atoms with Crippen LogP contribution in [0.2, 0.25) is 0 Å². The van der Waals surface area contributed by atoms with E-state index >= 15 is 0 Å². The van der Waals surface area contributed by atoms with Crippen molar-refractivity contribution in [1.82, 2.24) is 5.06 Å². The van der Waals surface area contributed by atoms with Crippen LogP contribution in [0, 0.1) is 46.3 Å². The smallest absolute Gasteiger partial charge is 0.333 e. The lowest BCUT2D eigenvalue weighted by molar-refractivity contribution is -0.197. The second-order valence-corrected chi connectivity index (χ2v) is 15.2. The molecule has 0 radical (unpaired) electrons. The second-order valence-electron chi connectivity index (χ2n) is 15.2. The summed E-state index contributed by atoms with van der Waals surface area (Å²) < 4.78 is 5.82. The molecule has 1 aliphatic heterocycles. The fourth-order valence-electron chi connectivity index (χ4n) is 10.0. The van der Waals surface area contributed by atoms with E-state index in [4.69, 9.17) is 9.57 Å². The lowest BCUT2D eigenvalue weighted by atomic mass is 9.47. The van der Waals surface area contributed by atoms with E-state index in [0.29, 0.717) is 16.4 Å². The number of esters is 1. The van der Waals surface area contributed by atoms with Crippen molar-refractivity contribution < 1.29 is 28.8 Å². The minimum absolute atomic E-state index is 0.0461. The summed E-state index contributed by atoms with van der Waals surface area (Å²) >= 11 is 0. The Bertz CT molecular complexity index is 1080. The van der Waals surface area contributed by atoms with Gasteiger partial charge in [-0.2, -0.15) is 0 Å². The van der Waals surface area contributed by atoms with E-state index in [9.17, 15) is 19.2 Å². The van der Waals surface area contributed by atoms with Gasteiger partial charge in [0.05, 0.1) is 12.8 Å². The van der Waals surface area contributed by atoms with E-state index in [1.165, 1.54) is 50.5 Å². The number of hydrogen-bond donors (Lipinski definition) is 0. The van der Waals surface area contributed by atoms with E-state index < -0.39 is 23.8 Å². The third-order valence-electron chi connectivity index (χ3n) is 12.3. The van der Waals surface area contributed by atoms with Gasteiger partial charge >= 0.3 is 11.9 Å². The zero-order chi connectivity index (χ0) is 30.2. The molecule has 0 aromatic heterocycles. The van der Waals surface area contributed by atoms with Crippen molar-refractivity contribution in [2.75, 3.05) is 0 Å². The van der Waals surface area contributed by atoms with Gasteiger partial charge in [0.2, 0.25) is 0 Å². The molecule has 5 aliphatic rings. The van der Waals surface area contributed by atoms with E-state index in [-0.39, 0.29) is 37.2 Å². The summed E-state index contributed by atoms with van der Waals surface area (Å²) in [4.78, 5) is 52.9. The number of carbonyl (C=O) groups excluding carboxylic acids is 4. The first-order chi connectivity index (χ1) is 19.9. The van der Waals surface area contributed by atoms with Crippen molar-refractivity contribution >= 4 is 23.8 Å². The lowest BCUT2D eigenvalue weighted by Crippen LogP contribution is -2.51. The molecule has 1 saturated heterocycles. The predicted molar refractivity (Wildman–Crippen MR) is 159 cm³/mol. The van der Waals surface area contributed by atoms with Crippen molar-refractivity contribution in [3.8, 4) is 0 Å². The summed E-state index contributed by atoms with van der Waals surface area (Å²) in [5, 5.41) is 0.520. The van der Waals surface area contributed by atoms with Crippen LogP contribution in [-0.4, -0.2) is 34.9 Å². The molecule has 0 bridgehead atoms. The third kappa shape index (κ3) is 6.08. The molecule has 7 nitrogen and oxygen atoms in total. The van der Waals surface area contributed by atoms with Crippen molar-refractivity contribution in [3.05, 3.63) is 11.6 Å². The van der Waals surface area contributed by atoms with Gasteiger partial charge in [0.15, 0.2) is 0 Å². The summed E-state index contributed by atoms with van der Waals surface area (Å²) in [7, 11) is 0. The number of hydrogen-bond acceptors (Lipinski definition) is 6. The normalized spacial score (nSPS) is 36.7. The molecule has 8 atom stereocenters. The van der Waals surface area contributed by atoms with Crippen LogP contribution in [0.3, 0.4) is 0 Å². The maximum absolute atomic E-state index is 12.6. The van der Waals surface area contributed by atoms with Crippen LogP contribution in [-0.2, 0) is 28.8 Å². The lowest BCUT2D eigenvalue weighted by Gasteiger charge is -2.58. The number of nitrogens with zero attached hydrogens (tertiary/aromatic N) is 1. The molecule has 5 rings (SSSR count). The first kappa shape index (κ1) is 31.3. The van der Waals surface area contributed by atoms with Gasteiger partial charge in [0, 0.05) is 19.3 Å². The molecule has 7 heteroatoms. The Morgan fingerprint density at radius 1 is 0.929 bits per heavy atom. The fourth-order valence-corrected chi connectivity index (χ4v) is 10.0. The van der Waals surface area contributed by atoms with Crippen LogP contribution in [0.25, 0.3) is 0 Å². The molecule has 42 heavy (non-hydrogen) atoms. The Hall–Kier alpha value is -2.18. The average molecular weight is 584 g/mol. The monoisotopic (exact) mass is 583 g/mol. The molecule has 2 amide bonds. The highest BCUT2D eigenvalue weighted by Crippen LogP contribution is 2.67. The Morgan fingerprint density at radius 3 is 2.36 bits per heavy atom. The van der Waals surface area contributed by atoms with Crippen molar-refractivity contribution in [1.29, 1.82) is 0 Å². The predicted octanol–water partition coefficient (Wildman–Crippen LogP) is 7.33. The van der Waals surface area contributed by atoms with E-state index in [0.717, 1.165) is 55.3 Å². The summed E-state index contributed by atoms with van der Waals surface area (Å²) in [6.45, 7) is 12.3. The van der Waals surface area contributed by atoms with Crippen LogP contribution in [0.15, 0.2) is 11.6 Å². The number of rotatable bonds is 10. The Morgan fingerprint density at radius 2 is 1.64 bits per heavy atom. The Labute approximate surface area is 252 Å². The van der Waals surface area contributed by atoms with Gasteiger partial charge in [-0.15, -0.1) is 5.06 Å². The van der Waals surface area contributed by atoms with Gasteiger partial charge in [0.25, 0.3) is 11.8 Å². The zero-order valence-electron chi connectivity index (χ0n) is 26.6. The molecule has 1 heterocycles. The van der Waals surface area contributed by atoms with Crippen LogP contribution >= 0.6 is 0 Å². The topological polar surface area (TPSA) is 90.0 Å². The highest BCUT2D eigenvalue weighted by Gasteiger charge is 2.59. The molecule has 4 aliphatic carbocycles. The molecule has 0 N–H and O–H groups in total. The molecule has 0 spiro atoms. The minimum Gasteiger partial charge on any atom is -0.462 e. The molecule has 3 unspecified atom stereocenters. The van der Waals surface area contributed by atoms with Gasteiger partial charge < -0.3 is 9.57 Å². The van der Waals surface area contributed by atoms with Gasteiger partial charge in [-0.1, -0.05) is 65.5 Å². The molecule has 0 aromatic carbocycles. The van der Waals surface area contributed by atoms with Gasteiger partial charge in [-0.05, 0) is 91.3 Å². The SMILES string of the molecule is CC(C)CCC[C@@H](C)[C@H]1CCC2C3CC=C4C[C@@H](OC(=O)CCC(=O)ON5C(=O)CCC5=O)CC[C@]4(C)C3CC[C@@]21C. The number of carbonyl (C=O) groups is 4. The average Bonchev–Trinajstić information content (AvgIpc) is 3.45. The van der Waals surface area contributed by atoms with E-state index in [1.807, 2.05) is 0 Å². The number of hydroxylamine groups is 2. The van der Waals surface area contributed by atoms with Gasteiger partial charge in [-0.3, -0.25) is 14.4 Å². The van der Waals surface area contributed by atoms with Crippen molar-refractivity contribution in [2.24, 2.45) is 46.3 Å². The highest BCUT2D eigenvalue weighted by atomic mass is 16.7. The largest absolute Gasteiger partial charge is 0.462 e. The standard InChI is InChI=1S/C35H53NO6/c1-22(2)7-6-8-23(3)27-11-12-28-26-10-9-24-21-25(17-19-34(24,4)29(26)18-20-35(27,28)5)41-32(39)15-16-33(40)42-36-30(37)13-14-31(36)38/h9,22-23,25-29H,6-8,10-21H2,1-5H3/t23-,25+,26?,27-,28?,29?,34+,35-/m1/s1. The molecular formula is C35H53NO6. The number of fused-ring (bicyclic) bond motifs is 5. The summed E-state index contributed by atoms with van der Waals surface area (Å²) in [5.41, 5.74) is 2.13. The molecule has 0 aromatic rings. The molecule has 234 valence electrons. The quantitative estimate of drug-likeness (QED) is 0.152. The number of amides is 2. The number of imide groups is 1. The second kappa shape index (κ2) is 12.4. The van der Waals surface area contributed by atoms with Gasteiger partial charge in [-0.25, -0.2) is 4.79 Å². The maximum atomic E-state index is 12.6. The number of allylic oxidation sites excluding steroid dienone is 1. The number of ether oxygens (including phenoxy) is 1. The molecule has 3 saturated carbocycles. The van der Waals surface area contributed by atoms with Crippen LogP contribution in [0.5, 0.6) is 0 Å². The van der Waals surface area contributed by atoms with E-state index in [2.05, 4.69) is 40.7 Å². The fraction of sp³-hybridized carbons (Fsp3) is 0.829. The Kier molecular flexibility index (Phi) is 9.25. The minimum atomic E-state index is -0.767. The Balaban J connectivity index is 1.14. The van der Waals surface area contributed by atoms with Crippen LogP contribution < -0.4 is 0 Å². The highest BCUT2D eigenvalue weighted by molar-refractivity contribution is 6.01. The van der Waals surface area contributed by atoms with Crippen LogP contribution in [0.4, 0.5) is 0 Å². The molecule has 4 fully saturated rings.